The number of carbonyl (C=O) groups is 2. The summed E-state index contributed by atoms with van der Waals surface area (Å²) in [6, 6.07) is 21.9. The predicted octanol–water partition coefficient (Wildman–Crippen LogP) is 7.19. The molecule has 4 aliphatic heterocycles. The van der Waals surface area contributed by atoms with Gasteiger partial charge in [0.25, 0.3) is 0 Å². The fraction of sp³-hybridized carbons (Fsp3) is 0.400. The maximum Gasteiger partial charge on any atom is 0.237 e. The lowest BCUT2D eigenvalue weighted by molar-refractivity contribution is -0.134. The molecule has 12 nitrogen and oxygen atoms in total. The van der Waals surface area contributed by atoms with Crippen LogP contribution in [0.1, 0.15) is 62.1 Å². The summed E-state index contributed by atoms with van der Waals surface area (Å²) in [6.45, 7) is 15.7. The first kappa shape index (κ1) is 38.1. The quantitative estimate of drug-likeness (QED) is 0.146. The van der Waals surface area contributed by atoms with Crippen molar-refractivity contribution in [3.8, 4) is 17.0 Å². The Balaban J connectivity index is 0.00000224. The van der Waals surface area contributed by atoms with E-state index in [0.29, 0.717) is 37.3 Å². The minimum Gasteiger partial charge on any atom is -0.474 e. The average Bonchev–Trinajstić information content (AvgIpc) is 3.25. The van der Waals surface area contributed by atoms with Crippen LogP contribution in [0.3, 0.4) is 0 Å². The van der Waals surface area contributed by atoms with Crippen LogP contribution < -0.4 is 30.5 Å². The zero-order valence-electron chi connectivity index (χ0n) is 33.5. The number of benzene rings is 3. The van der Waals surface area contributed by atoms with Crippen molar-refractivity contribution in [2.45, 2.75) is 65.3 Å². The lowest BCUT2D eigenvalue weighted by Crippen LogP contribution is -2.53. The highest BCUT2D eigenvalue weighted by atomic mass is 16.5. The highest BCUT2D eigenvalue weighted by Crippen LogP contribution is 2.36. The summed E-state index contributed by atoms with van der Waals surface area (Å²) in [5.74, 6) is 0.636. The molecule has 1 atom stereocenters. The van der Waals surface area contributed by atoms with Crippen molar-refractivity contribution in [3.05, 3.63) is 89.7 Å². The van der Waals surface area contributed by atoms with Crippen molar-refractivity contribution < 1.29 is 14.3 Å². The van der Waals surface area contributed by atoms with Crippen molar-refractivity contribution >= 4 is 51.4 Å². The molecule has 2 amide bonds. The van der Waals surface area contributed by atoms with Crippen LogP contribution in [0.4, 0.5) is 28.7 Å². The lowest BCUT2D eigenvalue weighted by Gasteiger charge is -2.44. The zero-order chi connectivity index (χ0) is 39.5. The second-order valence-electron chi connectivity index (χ2n) is 15.2. The van der Waals surface area contributed by atoms with Gasteiger partial charge in [0.1, 0.15) is 12.3 Å². The largest absolute Gasteiger partial charge is 0.474 e. The molecule has 4 aliphatic rings. The Kier molecular flexibility index (Phi) is 11.2. The van der Waals surface area contributed by atoms with E-state index in [9.17, 15) is 9.59 Å². The van der Waals surface area contributed by atoms with Crippen LogP contribution in [0.25, 0.3) is 22.0 Å². The van der Waals surface area contributed by atoms with Crippen molar-refractivity contribution in [3.63, 3.8) is 0 Å². The van der Waals surface area contributed by atoms with Crippen LogP contribution in [0, 0.1) is 13.8 Å². The monoisotopic (exact) mass is 767 g/mol. The number of aryl methyl sites for hydroxylation is 1. The maximum absolute atomic E-state index is 12.5. The first-order valence-electron chi connectivity index (χ1n) is 20.5. The van der Waals surface area contributed by atoms with E-state index in [2.05, 4.69) is 115 Å². The molecule has 1 unspecified atom stereocenters. The molecule has 0 saturated carbocycles. The van der Waals surface area contributed by atoms with Gasteiger partial charge in [-0.15, -0.1) is 0 Å². The third kappa shape index (κ3) is 8.09. The van der Waals surface area contributed by atoms with Gasteiger partial charge in [0, 0.05) is 98.7 Å². The number of anilines is 5. The zero-order valence-corrected chi connectivity index (χ0v) is 33.5. The number of fused-ring (bicyclic) bond motifs is 2. The number of rotatable bonds is 7. The van der Waals surface area contributed by atoms with Gasteiger partial charge in [-0.25, -0.2) is 15.0 Å². The summed E-state index contributed by atoms with van der Waals surface area (Å²) < 4.78 is 5.72. The second-order valence-corrected chi connectivity index (χ2v) is 15.2. The number of aromatic nitrogens is 3. The average molecular weight is 768 g/mol. The van der Waals surface area contributed by atoms with Gasteiger partial charge in [-0.1, -0.05) is 32.0 Å². The first-order chi connectivity index (χ1) is 27.9. The fourth-order valence-corrected chi connectivity index (χ4v) is 8.72. The molecule has 0 aliphatic carbocycles. The summed E-state index contributed by atoms with van der Waals surface area (Å²) in [7, 11) is 0. The number of amides is 2. The molecule has 0 bridgehead atoms. The number of piperazine rings is 1. The van der Waals surface area contributed by atoms with Crippen molar-refractivity contribution in [2.24, 2.45) is 0 Å². The Labute approximate surface area is 335 Å². The molecular formula is C45H53N9O3. The molecule has 0 radical (unpaired) electrons. The molecule has 9 rings (SSSR count). The summed E-state index contributed by atoms with van der Waals surface area (Å²) >= 11 is 0. The van der Waals surface area contributed by atoms with Gasteiger partial charge in [-0.05, 0) is 97.8 Å². The molecule has 0 spiro atoms. The smallest absolute Gasteiger partial charge is 0.237 e. The van der Waals surface area contributed by atoms with Gasteiger partial charge in [-0.2, -0.15) is 0 Å². The van der Waals surface area contributed by atoms with E-state index in [0.717, 1.165) is 109 Å². The SMILES string of the molecule is CC.Cc1cc(N2CCN(C3CCN(c4ccc(Nc5ncc6ccc(-c7cnc8c(c7C)NCCO8)cc6n5)cc4)CC3)CC2)ccc1C1CCC(=O)NC1=O. The molecule has 3 aromatic carbocycles. The van der Waals surface area contributed by atoms with E-state index < -0.39 is 0 Å². The number of carbonyl (C=O) groups excluding carboxylic acids is 2. The van der Waals surface area contributed by atoms with Crippen LogP contribution in [0.2, 0.25) is 0 Å². The van der Waals surface area contributed by atoms with E-state index in [1.807, 2.05) is 26.2 Å². The summed E-state index contributed by atoms with van der Waals surface area (Å²) in [4.78, 5) is 45.7. The van der Waals surface area contributed by atoms with Gasteiger partial charge in [-0.3, -0.25) is 19.8 Å². The van der Waals surface area contributed by atoms with Gasteiger partial charge in [0.15, 0.2) is 0 Å². The Morgan fingerprint density at radius 2 is 1.56 bits per heavy atom. The minimum absolute atomic E-state index is 0.171. The molecule has 3 saturated heterocycles. The third-order valence-electron chi connectivity index (χ3n) is 11.9. The fourth-order valence-electron chi connectivity index (χ4n) is 8.72. The number of imide groups is 1. The summed E-state index contributed by atoms with van der Waals surface area (Å²) in [6.07, 6.45) is 7.03. The molecule has 2 aromatic heterocycles. The molecule has 12 heteroatoms. The normalized spacial score (nSPS) is 18.8. The van der Waals surface area contributed by atoms with Crippen LogP contribution >= 0.6 is 0 Å². The number of nitrogens with one attached hydrogen (secondary N) is 3. The molecule has 57 heavy (non-hydrogen) atoms. The standard InChI is InChI=1S/C43H47N9O3.C2H6/c1-27-23-34(9-10-35(27)36-11-12-39(53)49-41(36)54)52-20-18-51(19-21-52)33-13-16-50(17-14-33)32-7-5-31(6-8-32)47-43-46-25-30-4-3-29(24-38(30)48-43)37-26-45-42-40(28(37)2)44-15-22-55-42;1-2/h3-10,23-26,33,36,44H,11-22H2,1-2H3,(H,46,47,48)(H,49,53,54);1-2H3. The van der Waals surface area contributed by atoms with Crippen LogP contribution in [0.5, 0.6) is 5.88 Å². The minimum atomic E-state index is -0.243. The maximum atomic E-state index is 12.5. The number of hydrogen-bond donors (Lipinski definition) is 3. The topological polar surface area (TPSA) is 128 Å². The molecule has 3 fully saturated rings. The highest BCUT2D eigenvalue weighted by Gasteiger charge is 2.31. The number of pyridine rings is 1. The van der Waals surface area contributed by atoms with Crippen LogP contribution in [-0.4, -0.2) is 90.1 Å². The van der Waals surface area contributed by atoms with Gasteiger partial charge < -0.3 is 25.2 Å². The molecule has 5 aromatic rings. The number of nitrogens with zero attached hydrogens (tertiary/aromatic N) is 6. The van der Waals surface area contributed by atoms with E-state index in [1.54, 1.807) is 0 Å². The van der Waals surface area contributed by atoms with Crippen molar-refractivity contribution in [2.75, 3.05) is 72.9 Å². The third-order valence-corrected chi connectivity index (χ3v) is 11.9. The summed E-state index contributed by atoms with van der Waals surface area (Å²) in [5, 5.41) is 10.3. The Bertz CT molecular complexity index is 2250. The molecule has 6 heterocycles. The second kappa shape index (κ2) is 16.8. The predicted molar refractivity (Wildman–Crippen MR) is 228 cm³/mol. The van der Waals surface area contributed by atoms with Crippen molar-refractivity contribution in [1.29, 1.82) is 0 Å². The molecule has 3 N–H and O–H groups in total. The Morgan fingerprint density at radius 3 is 2.32 bits per heavy atom. The van der Waals surface area contributed by atoms with Gasteiger partial charge in [0.2, 0.25) is 23.6 Å². The van der Waals surface area contributed by atoms with E-state index in [-0.39, 0.29) is 17.7 Å². The van der Waals surface area contributed by atoms with Gasteiger partial charge >= 0.3 is 0 Å². The number of piperidine rings is 2. The first-order valence-corrected chi connectivity index (χ1v) is 20.5. The highest BCUT2D eigenvalue weighted by molar-refractivity contribution is 6.01. The Hall–Kier alpha value is -5.75. The van der Waals surface area contributed by atoms with Crippen LogP contribution in [-0.2, 0) is 9.59 Å². The Morgan fingerprint density at radius 1 is 0.807 bits per heavy atom. The number of ether oxygens (including phenoxy) is 1. The van der Waals surface area contributed by atoms with Crippen molar-refractivity contribution in [1.82, 2.24) is 25.2 Å². The molecule has 296 valence electrons. The van der Waals surface area contributed by atoms with E-state index >= 15 is 0 Å². The number of hydrogen-bond acceptors (Lipinski definition) is 11. The summed E-state index contributed by atoms with van der Waals surface area (Å²) in [5.41, 5.74) is 10.6. The lowest BCUT2D eigenvalue weighted by atomic mass is 9.87. The molecular weight excluding hydrogens is 715 g/mol. The van der Waals surface area contributed by atoms with E-state index in [4.69, 9.17) is 9.72 Å². The van der Waals surface area contributed by atoms with E-state index in [1.165, 1.54) is 11.4 Å². The van der Waals surface area contributed by atoms with Crippen LogP contribution in [0.15, 0.2) is 73.1 Å². The van der Waals surface area contributed by atoms with Gasteiger partial charge in [0.05, 0.1) is 11.4 Å².